The number of benzene rings is 1. The first kappa shape index (κ1) is 9.79. The number of rotatable bonds is 3. The molecule has 0 unspecified atom stereocenters. The van der Waals surface area contributed by atoms with Crippen LogP contribution < -0.4 is 10.5 Å². The van der Waals surface area contributed by atoms with Crippen LogP contribution >= 0.6 is 11.6 Å². The highest BCUT2D eigenvalue weighted by Gasteiger charge is 2.09. The summed E-state index contributed by atoms with van der Waals surface area (Å²) in [5, 5.41) is 0.439. The van der Waals surface area contributed by atoms with Crippen LogP contribution in [-0.4, -0.2) is 17.5 Å². The monoisotopic (exact) mass is 226 g/mol. The summed E-state index contributed by atoms with van der Waals surface area (Å²) in [6, 6.07) is 5.14. The molecule has 0 aliphatic carbocycles. The van der Waals surface area contributed by atoms with E-state index in [1.165, 1.54) is 0 Å². The zero-order valence-electron chi connectivity index (χ0n) is 7.57. The summed E-state index contributed by atoms with van der Waals surface area (Å²) in [6.07, 6.45) is -0.0168. The molecule has 15 heavy (non-hydrogen) atoms. The van der Waals surface area contributed by atoms with Gasteiger partial charge in [-0.25, -0.2) is 0 Å². The molecule has 0 saturated heterocycles. The van der Waals surface area contributed by atoms with Crippen molar-refractivity contribution in [2.24, 2.45) is 5.73 Å². The number of hydrogen-bond donors (Lipinski definition) is 1. The van der Waals surface area contributed by atoms with Crippen molar-refractivity contribution in [3.8, 4) is 6.08 Å². The normalized spacial score (nSPS) is 10.5. The minimum Gasteiger partial charge on any atom is -0.440 e. The summed E-state index contributed by atoms with van der Waals surface area (Å²) >= 11 is 5.85. The summed E-state index contributed by atoms with van der Waals surface area (Å²) in [6.45, 7) is -0.273. The number of para-hydroxylation sites is 1. The Morgan fingerprint density at radius 3 is 3.07 bits per heavy atom. The van der Waals surface area contributed by atoms with Crippen molar-refractivity contribution < 1.29 is 13.9 Å². The quantitative estimate of drug-likeness (QED) is 0.857. The molecule has 0 aliphatic heterocycles. The van der Waals surface area contributed by atoms with Crippen molar-refractivity contribution in [1.29, 1.82) is 0 Å². The van der Waals surface area contributed by atoms with E-state index in [1.54, 1.807) is 18.2 Å². The van der Waals surface area contributed by atoms with Gasteiger partial charge in [0.15, 0.2) is 12.2 Å². The zero-order valence-corrected chi connectivity index (χ0v) is 8.32. The molecule has 0 radical (unpaired) electrons. The van der Waals surface area contributed by atoms with Crippen LogP contribution in [0.4, 0.5) is 0 Å². The fourth-order valence-corrected chi connectivity index (χ4v) is 1.30. The molecule has 0 aliphatic rings. The van der Waals surface area contributed by atoms with Gasteiger partial charge >= 0.3 is 6.08 Å². The van der Waals surface area contributed by atoms with Gasteiger partial charge in [0.05, 0.1) is 5.02 Å². The van der Waals surface area contributed by atoms with Crippen molar-refractivity contribution in [3.05, 3.63) is 23.2 Å². The summed E-state index contributed by atoms with van der Waals surface area (Å²) < 4.78 is 10.1. The van der Waals surface area contributed by atoms with Gasteiger partial charge in [0.2, 0.25) is 0 Å². The molecule has 1 heterocycles. The van der Waals surface area contributed by atoms with Crippen LogP contribution in [0.25, 0.3) is 11.1 Å². The highest BCUT2D eigenvalue weighted by atomic mass is 35.5. The maximum atomic E-state index is 10.5. The topological polar surface area (TPSA) is 78.4 Å². The number of carbonyl (C=O) groups is 1. The maximum Gasteiger partial charge on any atom is 0.395 e. The largest absolute Gasteiger partial charge is 0.440 e. The van der Waals surface area contributed by atoms with Gasteiger partial charge < -0.3 is 14.9 Å². The number of fused-ring (bicyclic) bond motifs is 1. The van der Waals surface area contributed by atoms with E-state index >= 15 is 0 Å². The minimum absolute atomic E-state index is 0.0168. The summed E-state index contributed by atoms with van der Waals surface area (Å²) in [4.78, 5) is 14.4. The molecule has 0 fully saturated rings. The SMILES string of the molecule is NC(=O)COc1nc2cccc(Cl)c2o1. The Kier molecular flexibility index (Phi) is 2.47. The van der Waals surface area contributed by atoms with Gasteiger partial charge in [-0.2, -0.15) is 4.98 Å². The number of primary amides is 1. The predicted molar refractivity (Wildman–Crippen MR) is 53.7 cm³/mol. The lowest BCUT2D eigenvalue weighted by Crippen LogP contribution is -2.20. The van der Waals surface area contributed by atoms with Gasteiger partial charge in [0.25, 0.3) is 5.91 Å². The van der Waals surface area contributed by atoms with Gasteiger partial charge in [-0.05, 0) is 12.1 Å². The average Bonchev–Trinajstić information content (AvgIpc) is 2.59. The van der Waals surface area contributed by atoms with Crippen LogP contribution in [0.5, 0.6) is 6.08 Å². The lowest BCUT2D eigenvalue weighted by Gasteiger charge is -1.94. The second kappa shape index (κ2) is 3.78. The Morgan fingerprint density at radius 2 is 2.40 bits per heavy atom. The van der Waals surface area contributed by atoms with Gasteiger partial charge in [-0.3, -0.25) is 4.79 Å². The molecule has 2 rings (SSSR count). The number of nitrogens with zero attached hydrogens (tertiary/aromatic N) is 1. The van der Waals surface area contributed by atoms with Gasteiger partial charge in [-0.15, -0.1) is 0 Å². The molecule has 5 nitrogen and oxygen atoms in total. The molecule has 78 valence electrons. The Bertz CT molecular complexity index is 509. The summed E-state index contributed by atoms with van der Waals surface area (Å²) in [5.41, 5.74) is 5.91. The number of carbonyl (C=O) groups excluding carboxylic acids is 1. The number of halogens is 1. The summed E-state index contributed by atoms with van der Waals surface area (Å²) in [7, 11) is 0. The maximum absolute atomic E-state index is 10.5. The van der Waals surface area contributed by atoms with E-state index in [-0.39, 0.29) is 12.7 Å². The van der Waals surface area contributed by atoms with Gasteiger partial charge in [0.1, 0.15) is 5.52 Å². The molecular weight excluding hydrogens is 220 g/mol. The molecular formula is C9H7ClN2O3. The number of amides is 1. The third-order valence-corrected chi connectivity index (χ3v) is 1.98. The first-order valence-corrected chi connectivity index (χ1v) is 4.51. The molecule has 2 aromatic rings. The van der Waals surface area contributed by atoms with E-state index in [0.717, 1.165) is 0 Å². The highest BCUT2D eigenvalue weighted by Crippen LogP contribution is 2.26. The lowest BCUT2D eigenvalue weighted by molar-refractivity contribution is -0.120. The molecule has 0 spiro atoms. The molecule has 0 saturated carbocycles. The minimum atomic E-state index is -0.594. The Balaban J connectivity index is 2.31. The van der Waals surface area contributed by atoms with Crippen molar-refractivity contribution in [2.45, 2.75) is 0 Å². The van der Waals surface area contributed by atoms with E-state index < -0.39 is 5.91 Å². The number of ether oxygens (including phenoxy) is 1. The first-order chi connectivity index (χ1) is 7.16. The van der Waals surface area contributed by atoms with Crippen molar-refractivity contribution in [3.63, 3.8) is 0 Å². The highest BCUT2D eigenvalue weighted by molar-refractivity contribution is 6.34. The van der Waals surface area contributed by atoms with E-state index in [4.69, 9.17) is 26.5 Å². The van der Waals surface area contributed by atoms with Crippen LogP contribution in [0.2, 0.25) is 5.02 Å². The average molecular weight is 227 g/mol. The second-order valence-corrected chi connectivity index (χ2v) is 3.23. The zero-order chi connectivity index (χ0) is 10.8. The third-order valence-electron chi connectivity index (χ3n) is 1.69. The van der Waals surface area contributed by atoms with Gasteiger partial charge in [-0.1, -0.05) is 17.7 Å². The van der Waals surface area contributed by atoms with Crippen LogP contribution in [-0.2, 0) is 4.79 Å². The lowest BCUT2D eigenvalue weighted by atomic mass is 10.3. The first-order valence-electron chi connectivity index (χ1n) is 4.13. The Morgan fingerprint density at radius 1 is 1.60 bits per heavy atom. The van der Waals surface area contributed by atoms with Crippen LogP contribution in [0.15, 0.2) is 22.6 Å². The second-order valence-electron chi connectivity index (χ2n) is 2.82. The van der Waals surface area contributed by atoms with Crippen LogP contribution in [0, 0.1) is 0 Å². The fourth-order valence-electron chi connectivity index (χ4n) is 1.09. The van der Waals surface area contributed by atoms with E-state index in [9.17, 15) is 4.79 Å². The van der Waals surface area contributed by atoms with Crippen molar-refractivity contribution in [1.82, 2.24) is 4.98 Å². The van der Waals surface area contributed by atoms with Gasteiger partial charge in [0, 0.05) is 0 Å². The molecule has 1 aromatic carbocycles. The molecule has 1 aromatic heterocycles. The molecule has 2 N–H and O–H groups in total. The number of nitrogens with two attached hydrogens (primary N) is 1. The van der Waals surface area contributed by atoms with E-state index in [2.05, 4.69) is 4.98 Å². The Labute approximate surface area is 89.8 Å². The molecule has 6 heteroatoms. The standard InChI is InChI=1S/C9H7ClN2O3/c10-5-2-1-3-6-8(5)15-9(12-6)14-4-7(11)13/h1-3H,4H2,(H2,11,13). The van der Waals surface area contributed by atoms with Crippen molar-refractivity contribution in [2.75, 3.05) is 6.61 Å². The molecule has 1 amide bonds. The number of aromatic nitrogens is 1. The Hall–Kier alpha value is -1.75. The molecule has 0 atom stereocenters. The van der Waals surface area contributed by atoms with Crippen LogP contribution in [0.1, 0.15) is 0 Å². The fraction of sp³-hybridized carbons (Fsp3) is 0.111. The number of oxazole rings is 1. The van der Waals surface area contributed by atoms with Crippen LogP contribution in [0.3, 0.4) is 0 Å². The third kappa shape index (κ3) is 2.02. The van der Waals surface area contributed by atoms with E-state index in [1.807, 2.05) is 0 Å². The van der Waals surface area contributed by atoms with E-state index in [0.29, 0.717) is 16.1 Å². The van der Waals surface area contributed by atoms with Crippen molar-refractivity contribution >= 4 is 28.6 Å². The molecule has 0 bridgehead atoms. The number of hydrogen-bond acceptors (Lipinski definition) is 4. The smallest absolute Gasteiger partial charge is 0.395 e. The predicted octanol–water partition coefficient (Wildman–Crippen LogP) is 1.35. The summed E-state index contributed by atoms with van der Waals surface area (Å²) in [5.74, 6) is -0.594.